The van der Waals surface area contributed by atoms with Crippen molar-refractivity contribution in [1.82, 2.24) is 10.3 Å². The Labute approximate surface area is 140 Å². The van der Waals surface area contributed by atoms with Crippen molar-refractivity contribution in [3.63, 3.8) is 0 Å². The summed E-state index contributed by atoms with van der Waals surface area (Å²) in [5.74, 6) is -1.39. The molecule has 0 unspecified atom stereocenters. The molecule has 2 aliphatic rings. The van der Waals surface area contributed by atoms with Crippen LogP contribution >= 0.6 is 0 Å². The van der Waals surface area contributed by atoms with E-state index < -0.39 is 23.5 Å². The maximum Gasteiger partial charge on any atom is 0.355 e. The highest BCUT2D eigenvalue weighted by atomic mass is 16.5. The molecule has 0 bridgehead atoms. The van der Waals surface area contributed by atoms with Crippen molar-refractivity contribution in [1.29, 1.82) is 5.26 Å². The van der Waals surface area contributed by atoms with E-state index in [9.17, 15) is 19.6 Å². The quantitative estimate of drug-likeness (QED) is 0.767. The van der Waals surface area contributed by atoms with Gasteiger partial charge in [-0.2, -0.15) is 10.4 Å². The van der Waals surface area contributed by atoms with Gasteiger partial charge in [-0.15, -0.1) is 0 Å². The first-order valence-electron chi connectivity index (χ1n) is 8.15. The van der Waals surface area contributed by atoms with Gasteiger partial charge in [0.2, 0.25) is 5.91 Å². The van der Waals surface area contributed by atoms with Crippen LogP contribution in [0.2, 0.25) is 0 Å². The zero-order valence-corrected chi connectivity index (χ0v) is 14.0. The van der Waals surface area contributed by atoms with Crippen LogP contribution in [0.3, 0.4) is 0 Å². The van der Waals surface area contributed by atoms with E-state index in [1.165, 1.54) is 11.8 Å². The van der Waals surface area contributed by atoms with Crippen molar-refractivity contribution in [2.24, 2.45) is 5.10 Å². The normalized spacial score (nSPS) is 20.9. The first-order valence-corrected chi connectivity index (χ1v) is 8.15. The van der Waals surface area contributed by atoms with Crippen LogP contribution in [0.25, 0.3) is 0 Å². The van der Waals surface area contributed by atoms with E-state index in [0.717, 1.165) is 19.3 Å². The van der Waals surface area contributed by atoms with Crippen molar-refractivity contribution in [2.75, 3.05) is 7.05 Å². The molecule has 8 nitrogen and oxygen atoms in total. The lowest BCUT2D eigenvalue weighted by Gasteiger charge is -2.39. The Morgan fingerprint density at radius 2 is 2.00 bits per heavy atom. The van der Waals surface area contributed by atoms with Gasteiger partial charge in [0.1, 0.15) is 11.3 Å². The van der Waals surface area contributed by atoms with Crippen molar-refractivity contribution in [3.8, 4) is 6.07 Å². The van der Waals surface area contributed by atoms with Crippen LogP contribution in [0.1, 0.15) is 51.9 Å². The van der Waals surface area contributed by atoms with Gasteiger partial charge in [0.15, 0.2) is 6.10 Å². The minimum Gasteiger partial charge on any atom is -0.448 e. The summed E-state index contributed by atoms with van der Waals surface area (Å²) in [6.45, 7) is 1.48. The van der Waals surface area contributed by atoms with Gasteiger partial charge in [0, 0.05) is 19.9 Å². The Bertz CT molecular complexity index is 602. The summed E-state index contributed by atoms with van der Waals surface area (Å²) in [4.78, 5) is 37.0. The number of carbonyl (C=O) groups is 3. The van der Waals surface area contributed by atoms with Gasteiger partial charge < -0.3 is 9.64 Å². The Morgan fingerprint density at radius 1 is 1.33 bits per heavy atom. The maximum atomic E-state index is 12.6. The van der Waals surface area contributed by atoms with Gasteiger partial charge in [0.25, 0.3) is 5.91 Å². The van der Waals surface area contributed by atoms with E-state index >= 15 is 0 Å². The molecule has 0 aromatic rings. The molecule has 2 rings (SSSR count). The number of esters is 1. The van der Waals surface area contributed by atoms with E-state index in [0.29, 0.717) is 12.8 Å². The molecule has 1 heterocycles. The molecule has 0 spiro atoms. The Balaban J connectivity index is 1.99. The molecule has 1 fully saturated rings. The molecule has 0 aromatic carbocycles. The Morgan fingerprint density at radius 3 is 2.54 bits per heavy atom. The first kappa shape index (κ1) is 17.9. The third-order valence-electron chi connectivity index (χ3n) is 4.63. The summed E-state index contributed by atoms with van der Waals surface area (Å²) in [6.07, 6.45) is 3.44. The van der Waals surface area contributed by atoms with Crippen LogP contribution in [-0.4, -0.2) is 47.1 Å². The number of amides is 2. The van der Waals surface area contributed by atoms with Crippen LogP contribution in [-0.2, 0) is 19.1 Å². The van der Waals surface area contributed by atoms with E-state index in [2.05, 4.69) is 16.6 Å². The van der Waals surface area contributed by atoms with E-state index in [-0.39, 0.29) is 24.5 Å². The standard InChI is InChI=1S/C16H22N4O4/c1-11(24-15(23)12-6-7-13(21)19-18-12)14(22)20(2)16(10-17)8-4-3-5-9-16/h11H,3-9H2,1-2H3,(H,19,21)/t11-/m1/s1. The van der Waals surface area contributed by atoms with Crippen molar-refractivity contribution < 1.29 is 19.1 Å². The fraction of sp³-hybridized carbons (Fsp3) is 0.688. The highest BCUT2D eigenvalue weighted by Crippen LogP contribution is 2.32. The molecule has 0 aromatic heterocycles. The van der Waals surface area contributed by atoms with Crippen LogP contribution in [0.5, 0.6) is 0 Å². The summed E-state index contributed by atoms with van der Waals surface area (Å²) in [7, 11) is 1.58. The predicted molar refractivity (Wildman–Crippen MR) is 84.6 cm³/mol. The molecule has 1 aliphatic carbocycles. The van der Waals surface area contributed by atoms with Crippen LogP contribution in [0.15, 0.2) is 5.10 Å². The SMILES string of the molecule is C[C@@H](OC(=O)C1=NNC(=O)CC1)C(=O)N(C)C1(C#N)CCCCC1. The fourth-order valence-corrected chi connectivity index (χ4v) is 3.04. The average Bonchev–Trinajstić information content (AvgIpc) is 2.61. The number of rotatable bonds is 4. The lowest BCUT2D eigenvalue weighted by Crippen LogP contribution is -2.53. The van der Waals surface area contributed by atoms with Gasteiger partial charge in [-0.05, 0) is 19.8 Å². The van der Waals surface area contributed by atoms with Crippen molar-refractivity contribution in [2.45, 2.75) is 63.5 Å². The minimum atomic E-state index is -1.02. The number of carbonyl (C=O) groups excluding carboxylic acids is 3. The fourth-order valence-electron chi connectivity index (χ4n) is 3.04. The van der Waals surface area contributed by atoms with E-state index in [1.54, 1.807) is 7.05 Å². The zero-order valence-electron chi connectivity index (χ0n) is 14.0. The van der Waals surface area contributed by atoms with Crippen LogP contribution in [0.4, 0.5) is 0 Å². The van der Waals surface area contributed by atoms with Crippen LogP contribution in [0, 0.1) is 11.3 Å². The molecule has 1 saturated carbocycles. The zero-order chi connectivity index (χ0) is 17.7. The number of likely N-dealkylation sites (N-methyl/N-ethyl adjacent to an activating group) is 1. The summed E-state index contributed by atoms with van der Waals surface area (Å²) < 4.78 is 5.17. The monoisotopic (exact) mass is 334 g/mol. The van der Waals surface area contributed by atoms with Crippen molar-refractivity contribution in [3.05, 3.63) is 0 Å². The lowest BCUT2D eigenvalue weighted by atomic mass is 9.81. The lowest BCUT2D eigenvalue weighted by molar-refractivity contribution is -0.156. The second kappa shape index (κ2) is 7.43. The molecular weight excluding hydrogens is 312 g/mol. The van der Waals surface area contributed by atoms with Gasteiger partial charge in [-0.1, -0.05) is 19.3 Å². The third kappa shape index (κ3) is 3.72. The number of hydrogen-bond acceptors (Lipinski definition) is 6. The third-order valence-corrected chi connectivity index (χ3v) is 4.63. The molecular formula is C16H22N4O4. The highest BCUT2D eigenvalue weighted by Gasteiger charge is 2.41. The van der Waals surface area contributed by atoms with Gasteiger partial charge >= 0.3 is 5.97 Å². The average molecular weight is 334 g/mol. The largest absolute Gasteiger partial charge is 0.448 e. The molecule has 1 atom stereocenters. The van der Waals surface area contributed by atoms with Gasteiger partial charge in [-0.25, -0.2) is 10.2 Å². The molecule has 130 valence electrons. The molecule has 8 heteroatoms. The summed E-state index contributed by atoms with van der Waals surface area (Å²) in [5, 5.41) is 13.2. The number of nitriles is 1. The topological polar surface area (TPSA) is 112 Å². The smallest absolute Gasteiger partial charge is 0.355 e. The summed E-state index contributed by atoms with van der Waals surface area (Å²) >= 11 is 0. The second-order valence-corrected chi connectivity index (χ2v) is 6.24. The van der Waals surface area contributed by atoms with E-state index in [1.807, 2.05) is 0 Å². The highest BCUT2D eigenvalue weighted by molar-refractivity contribution is 6.37. The second-order valence-electron chi connectivity index (χ2n) is 6.24. The maximum absolute atomic E-state index is 12.6. The predicted octanol–water partition coefficient (Wildman–Crippen LogP) is 0.869. The molecule has 2 amide bonds. The minimum absolute atomic E-state index is 0.0876. The number of nitrogens with one attached hydrogen (secondary N) is 1. The molecule has 1 N–H and O–H groups in total. The Hall–Kier alpha value is -2.43. The number of ether oxygens (including phenoxy) is 1. The molecule has 0 radical (unpaired) electrons. The van der Waals surface area contributed by atoms with Crippen LogP contribution < -0.4 is 5.43 Å². The molecule has 1 aliphatic heterocycles. The molecule has 24 heavy (non-hydrogen) atoms. The first-order chi connectivity index (χ1) is 11.4. The number of hydrazone groups is 1. The van der Waals surface area contributed by atoms with E-state index in [4.69, 9.17) is 4.74 Å². The number of hydrogen-bond donors (Lipinski definition) is 1. The summed E-state index contributed by atoms with van der Waals surface area (Å²) in [5.41, 5.74) is 1.48. The summed E-state index contributed by atoms with van der Waals surface area (Å²) in [6, 6.07) is 2.27. The van der Waals surface area contributed by atoms with Gasteiger partial charge in [0.05, 0.1) is 6.07 Å². The van der Waals surface area contributed by atoms with Gasteiger partial charge in [-0.3, -0.25) is 9.59 Å². The number of nitrogens with zero attached hydrogens (tertiary/aromatic N) is 3. The van der Waals surface area contributed by atoms with Crippen molar-refractivity contribution >= 4 is 23.5 Å². The Kier molecular flexibility index (Phi) is 5.54. The molecule has 0 saturated heterocycles.